The van der Waals surface area contributed by atoms with Gasteiger partial charge in [-0.15, -0.1) is 0 Å². The van der Waals surface area contributed by atoms with Crippen molar-refractivity contribution in [2.75, 3.05) is 13.7 Å². The number of hydrogen-bond acceptors (Lipinski definition) is 5. The smallest absolute Gasteiger partial charge is 0.336 e. The number of esters is 2. The van der Waals surface area contributed by atoms with Gasteiger partial charge in [0.2, 0.25) is 0 Å². The summed E-state index contributed by atoms with van der Waals surface area (Å²) in [4.78, 5) is 23.1. The van der Waals surface area contributed by atoms with E-state index in [1.807, 2.05) is 0 Å². The van der Waals surface area contributed by atoms with E-state index in [0.717, 1.165) is 19.4 Å². The van der Waals surface area contributed by atoms with Crippen LogP contribution in [-0.4, -0.2) is 40.1 Å². The zero-order chi connectivity index (χ0) is 22.1. The van der Waals surface area contributed by atoms with Crippen LogP contribution in [0, 0.1) is 5.92 Å². The van der Waals surface area contributed by atoms with Crippen LogP contribution in [-0.2, 0) is 23.5 Å². The lowest BCUT2D eigenvalue weighted by atomic mass is 9.97. The summed E-state index contributed by atoms with van der Waals surface area (Å²) in [5.41, 5.74) is 1.89. The molecule has 0 aromatic rings. The molecule has 0 fully saturated rings. The second-order valence-electron chi connectivity index (χ2n) is 8.75. The quantitative estimate of drug-likeness (QED) is 0.221. The van der Waals surface area contributed by atoms with Gasteiger partial charge in [0.1, 0.15) is 6.10 Å². The molecule has 0 N–H and O–H groups in total. The molecule has 0 aliphatic heterocycles. The third-order valence-corrected chi connectivity index (χ3v) is 11.9. The van der Waals surface area contributed by atoms with Crippen molar-refractivity contribution in [3.63, 3.8) is 0 Å². The maximum atomic E-state index is 11.7. The van der Waals surface area contributed by atoms with Gasteiger partial charge in [-0.05, 0) is 41.8 Å². The molecule has 28 heavy (non-hydrogen) atoms. The number of hydrogen-bond donors (Lipinski definition) is 0. The minimum atomic E-state index is -1.84. The van der Waals surface area contributed by atoms with Gasteiger partial charge < -0.3 is 13.9 Å². The first kappa shape index (κ1) is 26.9. The van der Waals surface area contributed by atoms with Gasteiger partial charge in [-0.25, -0.2) is 4.79 Å². The summed E-state index contributed by atoms with van der Waals surface area (Å²) in [6.45, 7) is 21.7. The minimum Gasteiger partial charge on any atom is -0.466 e. The lowest BCUT2D eigenvalue weighted by molar-refractivity contribution is -0.147. The van der Waals surface area contributed by atoms with Crippen LogP contribution in [0.1, 0.15) is 74.7 Å². The molecular formula is C22H42O5Si. The number of ether oxygens (including phenoxy) is 2. The molecule has 0 heterocycles. The predicted octanol–water partition coefficient (Wildman–Crippen LogP) is 5.65. The summed E-state index contributed by atoms with van der Waals surface area (Å²) in [6, 6.07) is 0. The average Bonchev–Trinajstić information content (AvgIpc) is 2.59. The summed E-state index contributed by atoms with van der Waals surface area (Å²) in [6.07, 6.45) is 1.68. The average molecular weight is 415 g/mol. The maximum absolute atomic E-state index is 11.7. The van der Waals surface area contributed by atoms with Gasteiger partial charge >= 0.3 is 11.9 Å². The Kier molecular flexibility index (Phi) is 11.9. The summed E-state index contributed by atoms with van der Waals surface area (Å²) >= 11 is 0. The van der Waals surface area contributed by atoms with E-state index in [4.69, 9.17) is 13.9 Å². The van der Waals surface area contributed by atoms with Gasteiger partial charge in [-0.1, -0.05) is 55.0 Å². The summed E-state index contributed by atoms with van der Waals surface area (Å²) < 4.78 is 16.6. The summed E-state index contributed by atoms with van der Waals surface area (Å²) in [7, 11) is -0.545. The van der Waals surface area contributed by atoms with Crippen molar-refractivity contribution in [3.8, 4) is 0 Å². The molecule has 0 aromatic heterocycles. The summed E-state index contributed by atoms with van der Waals surface area (Å²) in [5.74, 6) is -0.571. The number of carbonyl (C=O) groups excluding carboxylic acids is 2. The molecule has 0 spiro atoms. The molecule has 1 unspecified atom stereocenters. The van der Waals surface area contributed by atoms with Crippen molar-refractivity contribution in [1.82, 2.24) is 0 Å². The molecule has 2 atom stereocenters. The van der Waals surface area contributed by atoms with E-state index in [9.17, 15) is 9.59 Å². The van der Waals surface area contributed by atoms with E-state index in [0.29, 0.717) is 29.0 Å². The van der Waals surface area contributed by atoms with Gasteiger partial charge in [-0.3, -0.25) is 4.79 Å². The molecular weight excluding hydrogens is 372 g/mol. The van der Waals surface area contributed by atoms with Crippen molar-refractivity contribution in [2.45, 2.75) is 97.4 Å². The molecule has 0 aliphatic rings. The van der Waals surface area contributed by atoms with Gasteiger partial charge in [0.25, 0.3) is 0 Å². The second-order valence-corrected chi connectivity index (χ2v) is 14.2. The Morgan fingerprint density at radius 3 is 1.79 bits per heavy atom. The predicted molar refractivity (Wildman–Crippen MR) is 117 cm³/mol. The van der Waals surface area contributed by atoms with Gasteiger partial charge in [-0.2, -0.15) is 0 Å². The molecule has 0 saturated heterocycles. The van der Waals surface area contributed by atoms with Crippen LogP contribution in [0.4, 0.5) is 0 Å². The van der Waals surface area contributed by atoms with Crippen molar-refractivity contribution >= 4 is 20.3 Å². The molecule has 0 bridgehead atoms. The van der Waals surface area contributed by atoms with Crippen molar-refractivity contribution < 1.29 is 23.5 Å². The third-order valence-electron chi connectivity index (χ3n) is 5.74. The Morgan fingerprint density at radius 2 is 1.39 bits per heavy atom. The number of rotatable bonds is 13. The van der Waals surface area contributed by atoms with E-state index in [2.05, 4.69) is 55.0 Å². The zero-order valence-corrected chi connectivity index (χ0v) is 20.5. The zero-order valence-electron chi connectivity index (χ0n) is 19.5. The lowest BCUT2D eigenvalue weighted by Gasteiger charge is -2.42. The highest BCUT2D eigenvalue weighted by atomic mass is 28.4. The highest BCUT2D eigenvalue weighted by Gasteiger charge is 2.44. The largest absolute Gasteiger partial charge is 0.466 e. The van der Waals surface area contributed by atoms with Crippen LogP contribution in [0.5, 0.6) is 0 Å². The fourth-order valence-corrected chi connectivity index (χ4v) is 9.76. The van der Waals surface area contributed by atoms with Crippen LogP contribution < -0.4 is 0 Å². The highest BCUT2D eigenvalue weighted by Crippen LogP contribution is 2.42. The number of carbonyl (C=O) groups is 2. The highest BCUT2D eigenvalue weighted by molar-refractivity contribution is 6.77. The van der Waals surface area contributed by atoms with E-state index in [1.165, 1.54) is 14.0 Å². The summed E-state index contributed by atoms with van der Waals surface area (Å²) in [5, 5.41) is 0. The SMILES string of the molecule is C=C(C(=O)OC)C(CC[C@H](C)CCO[Si](C(C)C)(C(C)C)C(C)C)OC(C)=O. The van der Waals surface area contributed by atoms with Crippen LogP contribution in [0.25, 0.3) is 0 Å². The van der Waals surface area contributed by atoms with Crippen LogP contribution in [0.15, 0.2) is 12.2 Å². The van der Waals surface area contributed by atoms with Gasteiger partial charge in [0.05, 0.1) is 12.7 Å². The third kappa shape index (κ3) is 7.70. The van der Waals surface area contributed by atoms with Crippen LogP contribution in [0.3, 0.4) is 0 Å². The monoisotopic (exact) mass is 414 g/mol. The Hall–Kier alpha value is -1.14. The fourth-order valence-electron chi connectivity index (χ4n) is 4.28. The van der Waals surface area contributed by atoms with E-state index < -0.39 is 26.4 Å². The Labute approximate surface area is 173 Å². The van der Waals surface area contributed by atoms with Crippen LogP contribution in [0.2, 0.25) is 16.6 Å². The second kappa shape index (κ2) is 12.4. The van der Waals surface area contributed by atoms with Gasteiger partial charge in [0, 0.05) is 13.5 Å². The van der Waals surface area contributed by atoms with Crippen molar-refractivity contribution in [1.29, 1.82) is 0 Å². The number of methoxy groups -OCH3 is 1. The van der Waals surface area contributed by atoms with Gasteiger partial charge in [0.15, 0.2) is 8.32 Å². The molecule has 0 radical (unpaired) electrons. The van der Waals surface area contributed by atoms with Crippen molar-refractivity contribution in [2.24, 2.45) is 5.92 Å². The molecule has 6 heteroatoms. The fraction of sp³-hybridized carbons (Fsp3) is 0.818. The van der Waals surface area contributed by atoms with Crippen molar-refractivity contribution in [3.05, 3.63) is 12.2 Å². The first-order chi connectivity index (χ1) is 12.9. The Bertz CT molecular complexity index is 491. The molecule has 0 rings (SSSR count). The Balaban J connectivity index is 4.78. The van der Waals surface area contributed by atoms with E-state index in [1.54, 1.807) is 0 Å². The normalized spacial score (nSPS) is 14.3. The maximum Gasteiger partial charge on any atom is 0.336 e. The first-order valence-electron chi connectivity index (χ1n) is 10.5. The van der Waals surface area contributed by atoms with E-state index >= 15 is 0 Å². The molecule has 0 saturated carbocycles. The first-order valence-corrected chi connectivity index (χ1v) is 12.6. The molecule has 164 valence electrons. The molecule has 0 aliphatic carbocycles. The topological polar surface area (TPSA) is 61.8 Å². The molecule has 0 aromatic carbocycles. The Morgan fingerprint density at radius 1 is 0.893 bits per heavy atom. The van der Waals surface area contributed by atoms with Crippen LogP contribution >= 0.6 is 0 Å². The lowest BCUT2D eigenvalue weighted by Crippen LogP contribution is -2.48. The standard InChI is InChI=1S/C22H42O5Si/c1-15(2)28(16(3)4,17(5)6)26-14-13-18(7)11-12-21(27-20(9)23)19(8)22(24)25-10/h15-18,21H,8,11-14H2,1-7,9-10H3/t18-,21?/m0/s1. The molecule has 0 amide bonds. The molecule has 5 nitrogen and oxygen atoms in total. The minimum absolute atomic E-state index is 0.187. The van der Waals surface area contributed by atoms with E-state index in [-0.39, 0.29) is 5.57 Å².